The van der Waals surface area contributed by atoms with Gasteiger partial charge in [-0.1, -0.05) is 12.1 Å². The number of rotatable bonds is 2. The Balaban J connectivity index is 2.21. The van der Waals surface area contributed by atoms with Crippen molar-refractivity contribution in [2.45, 2.75) is 13.1 Å². The Kier molecular flexibility index (Phi) is 4.18. The number of para-hydroxylation sites is 1. The highest BCUT2D eigenvalue weighted by molar-refractivity contribution is 6.83. The first-order valence-corrected chi connectivity index (χ1v) is 10.5. The van der Waals surface area contributed by atoms with E-state index < -0.39 is 42.5 Å². The van der Waals surface area contributed by atoms with Crippen LogP contribution in [0.2, 0.25) is 13.1 Å². The Labute approximate surface area is 142 Å². The van der Waals surface area contributed by atoms with E-state index in [9.17, 15) is 22.0 Å². The van der Waals surface area contributed by atoms with E-state index in [0.717, 1.165) is 11.3 Å². The minimum Gasteiger partial charge on any atom is -0.321 e. The van der Waals surface area contributed by atoms with Crippen LogP contribution < -0.4 is 10.1 Å². The smallest absolute Gasteiger partial charge is 0.321 e. The summed E-state index contributed by atoms with van der Waals surface area (Å²) in [6.45, 7) is 3.41. The SMILES string of the molecule is CN1C[N+]([Si](C)(C)c2c(F)c(F)c(F)c(F)c2F)=Cc2ccccc21. The maximum absolute atomic E-state index is 14.3. The van der Waals surface area contributed by atoms with Gasteiger partial charge >= 0.3 is 8.24 Å². The van der Waals surface area contributed by atoms with Gasteiger partial charge in [0, 0.05) is 7.05 Å². The van der Waals surface area contributed by atoms with Gasteiger partial charge < -0.3 is 4.90 Å². The number of halogens is 5. The predicted octanol–water partition coefficient (Wildman–Crippen LogP) is 3.33. The van der Waals surface area contributed by atoms with Gasteiger partial charge in [0.2, 0.25) is 5.82 Å². The van der Waals surface area contributed by atoms with E-state index >= 15 is 0 Å². The van der Waals surface area contributed by atoms with Crippen molar-refractivity contribution in [2.75, 3.05) is 18.6 Å². The molecule has 1 aliphatic rings. The van der Waals surface area contributed by atoms with Crippen molar-refractivity contribution in [1.29, 1.82) is 0 Å². The Morgan fingerprint density at radius 2 is 1.40 bits per heavy atom. The monoisotopic (exact) mass is 371 g/mol. The number of hydrogen-bond donors (Lipinski definition) is 0. The Morgan fingerprint density at radius 3 is 2.00 bits per heavy atom. The lowest BCUT2D eigenvalue weighted by Gasteiger charge is -2.30. The van der Waals surface area contributed by atoms with Gasteiger partial charge in [0.05, 0.1) is 16.4 Å². The van der Waals surface area contributed by atoms with Crippen LogP contribution in [0.25, 0.3) is 0 Å². The first kappa shape index (κ1) is 17.6. The van der Waals surface area contributed by atoms with Crippen molar-refractivity contribution in [1.82, 2.24) is 0 Å². The van der Waals surface area contributed by atoms with Crippen LogP contribution in [0.3, 0.4) is 0 Å². The molecule has 0 unspecified atom stereocenters. The van der Waals surface area contributed by atoms with Crippen LogP contribution in [-0.4, -0.2) is 32.4 Å². The maximum atomic E-state index is 14.3. The third-order valence-corrected chi connectivity index (χ3v) is 7.92. The summed E-state index contributed by atoms with van der Waals surface area (Å²) in [5.74, 6) is -9.43. The molecule has 132 valence electrons. The third kappa shape index (κ3) is 2.64. The van der Waals surface area contributed by atoms with Crippen LogP contribution in [0.15, 0.2) is 24.3 Å². The van der Waals surface area contributed by atoms with Crippen molar-refractivity contribution >= 4 is 25.3 Å². The molecule has 0 saturated carbocycles. The van der Waals surface area contributed by atoms with Crippen LogP contribution in [0.5, 0.6) is 0 Å². The van der Waals surface area contributed by atoms with Gasteiger partial charge in [-0.2, -0.15) is 0 Å². The highest BCUT2D eigenvalue weighted by Gasteiger charge is 2.48. The molecule has 0 bridgehead atoms. The zero-order chi connectivity index (χ0) is 18.5. The van der Waals surface area contributed by atoms with Crippen molar-refractivity contribution in [3.63, 3.8) is 0 Å². The summed E-state index contributed by atoms with van der Waals surface area (Å²) < 4.78 is 70.9. The first-order valence-electron chi connectivity index (χ1n) is 7.60. The number of benzene rings is 2. The Bertz CT molecular complexity index is 866. The van der Waals surface area contributed by atoms with Gasteiger partial charge in [-0.25, -0.2) is 22.0 Å². The lowest BCUT2D eigenvalue weighted by molar-refractivity contribution is -0.391. The summed E-state index contributed by atoms with van der Waals surface area (Å²) in [4.78, 5) is 1.87. The topological polar surface area (TPSA) is 6.25 Å². The van der Waals surface area contributed by atoms with Gasteiger partial charge in [-0.05, 0) is 25.2 Å². The van der Waals surface area contributed by atoms with E-state index in [-0.39, 0.29) is 6.67 Å². The zero-order valence-electron chi connectivity index (χ0n) is 13.9. The molecule has 0 atom stereocenters. The summed E-state index contributed by atoms with van der Waals surface area (Å²) in [5, 5.41) is -0.715. The molecule has 25 heavy (non-hydrogen) atoms. The van der Waals surface area contributed by atoms with E-state index in [1.54, 1.807) is 23.5 Å². The molecule has 1 heterocycles. The predicted molar refractivity (Wildman–Crippen MR) is 88.5 cm³/mol. The van der Waals surface area contributed by atoms with Crippen molar-refractivity contribution in [3.8, 4) is 0 Å². The third-order valence-electron chi connectivity index (χ3n) is 4.55. The van der Waals surface area contributed by atoms with Gasteiger partial charge in [0.25, 0.3) is 0 Å². The van der Waals surface area contributed by atoms with Gasteiger partial charge in [0.1, 0.15) is 0 Å². The van der Waals surface area contributed by atoms with Gasteiger partial charge in [0.15, 0.2) is 36.2 Å². The fourth-order valence-corrected chi connectivity index (χ4v) is 5.69. The standard InChI is InChI=1S/C17H16F5N2Si/c1-23-9-24(8-10-6-4-5-7-11(10)23)25(2,3)17-15(21)13(19)12(18)14(20)16(17)22/h4-8H,9H2,1-3H3/q+1. The van der Waals surface area contributed by atoms with Crippen LogP contribution in [0.1, 0.15) is 5.56 Å². The molecule has 0 saturated heterocycles. The second kappa shape index (κ2) is 5.94. The molecule has 0 aromatic heterocycles. The fraction of sp³-hybridized carbons (Fsp3) is 0.235. The summed E-state index contributed by atoms with van der Waals surface area (Å²) in [7, 11) is -1.42. The molecule has 2 aromatic carbocycles. The molecular weight excluding hydrogens is 355 g/mol. The van der Waals surface area contributed by atoms with Crippen LogP contribution in [0.4, 0.5) is 27.6 Å². The zero-order valence-corrected chi connectivity index (χ0v) is 14.9. The molecule has 0 amide bonds. The summed E-state index contributed by atoms with van der Waals surface area (Å²) in [6.07, 6.45) is 1.72. The summed E-state index contributed by atoms with van der Waals surface area (Å²) in [6, 6.07) is 7.42. The maximum Gasteiger partial charge on any atom is 0.392 e. The second-order valence-electron chi connectivity index (χ2n) is 6.50. The fourth-order valence-electron chi connectivity index (χ4n) is 3.08. The normalized spacial score (nSPS) is 14.4. The van der Waals surface area contributed by atoms with E-state index in [1.807, 2.05) is 36.2 Å². The quantitative estimate of drug-likeness (QED) is 0.340. The van der Waals surface area contributed by atoms with Crippen LogP contribution in [0, 0.1) is 29.1 Å². The van der Waals surface area contributed by atoms with Crippen molar-refractivity contribution < 1.29 is 26.2 Å². The molecule has 2 aromatic rings. The molecule has 0 fully saturated rings. The largest absolute Gasteiger partial charge is 0.392 e. The van der Waals surface area contributed by atoms with Crippen molar-refractivity contribution in [2.24, 2.45) is 0 Å². The molecular formula is C17H16F5N2Si+. The number of fused-ring (bicyclic) bond motifs is 1. The lowest BCUT2D eigenvalue weighted by Crippen LogP contribution is -2.59. The van der Waals surface area contributed by atoms with Gasteiger partial charge in [-0.15, -0.1) is 0 Å². The lowest BCUT2D eigenvalue weighted by atomic mass is 10.1. The minimum atomic E-state index is -3.22. The van der Waals surface area contributed by atoms with Gasteiger partial charge in [-0.3, -0.25) is 4.24 Å². The van der Waals surface area contributed by atoms with E-state index in [0.29, 0.717) is 0 Å². The van der Waals surface area contributed by atoms with Crippen molar-refractivity contribution in [3.05, 3.63) is 58.9 Å². The molecule has 3 rings (SSSR count). The average molecular weight is 371 g/mol. The molecule has 2 nitrogen and oxygen atoms in total. The molecule has 0 radical (unpaired) electrons. The number of anilines is 1. The Hall–Kier alpha value is -2.22. The Morgan fingerprint density at radius 1 is 0.880 bits per heavy atom. The highest BCUT2D eigenvalue weighted by atomic mass is 28.3. The molecule has 0 spiro atoms. The highest BCUT2D eigenvalue weighted by Crippen LogP contribution is 2.25. The van der Waals surface area contributed by atoms with Crippen LogP contribution >= 0.6 is 0 Å². The van der Waals surface area contributed by atoms with Crippen LogP contribution in [-0.2, 0) is 0 Å². The average Bonchev–Trinajstić information content (AvgIpc) is 2.58. The molecule has 8 heteroatoms. The first-order chi connectivity index (χ1) is 11.7. The summed E-state index contributed by atoms with van der Waals surface area (Å²) >= 11 is 0. The van der Waals surface area contributed by atoms with E-state index in [2.05, 4.69) is 0 Å². The van der Waals surface area contributed by atoms with E-state index in [1.165, 1.54) is 0 Å². The number of hydrogen-bond acceptors (Lipinski definition) is 1. The molecule has 0 aliphatic carbocycles. The minimum absolute atomic E-state index is 0.287. The van der Waals surface area contributed by atoms with E-state index in [4.69, 9.17) is 0 Å². The summed E-state index contributed by atoms with van der Waals surface area (Å²) in [5.41, 5.74) is 1.75. The molecule has 1 aliphatic heterocycles. The second-order valence-corrected chi connectivity index (χ2v) is 10.7. The number of nitrogens with zero attached hydrogens (tertiary/aromatic N) is 2. The molecule has 0 N–H and O–H groups in total.